The number of anilines is 3. The molecule has 2 aliphatic heterocycles. The highest BCUT2D eigenvalue weighted by Crippen LogP contribution is 2.54. The SMILES string of the molecule is CC(C)(C)c1cc(-c2ccccc2)c(N2c3cc(-c4ccc(-n5c6ccccc6c6ccccc65)cc4)ccc3B3c4cc(-c5cc(-c6ccccc6)cc(-c6ccccc6)c5)cc(-c5cc(-n6c7ccccc7c7ccccc76)cc(-n6c7ccccc7c7ccccc76)c5)c4Sc4cc(-c5ccccc5)cc2c43)c(-c2ccccc2)c1. The van der Waals surface area contributed by atoms with E-state index >= 15 is 0 Å². The van der Waals surface area contributed by atoms with Crippen LogP contribution in [0.3, 0.4) is 0 Å². The number of aromatic nitrogens is 3. The van der Waals surface area contributed by atoms with Crippen LogP contribution >= 0.6 is 11.8 Å². The minimum atomic E-state index is -0.278. The van der Waals surface area contributed by atoms with Gasteiger partial charge < -0.3 is 18.6 Å². The maximum Gasteiger partial charge on any atom is 0.249 e. The molecule has 0 saturated heterocycles. The van der Waals surface area contributed by atoms with Crippen molar-refractivity contribution in [3.63, 3.8) is 0 Å². The molecule has 6 heteroatoms. The average Bonchev–Trinajstić information content (AvgIpc) is 0.961. The summed E-state index contributed by atoms with van der Waals surface area (Å²) in [6.07, 6.45) is 0. The van der Waals surface area contributed by atoms with E-state index in [0.29, 0.717) is 0 Å². The van der Waals surface area contributed by atoms with Gasteiger partial charge in [-0.15, -0.1) is 0 Å². The fraction of sp³-hybridized carbons (Fsp3) is 0.0357. The molecule has 0 N–H and O–H groups in total. The Kier molecular flexibility index (Phi) is 16.2. The zero-order chi connectivity index (χ0) is 78.3. The van der Waals surface area contributed by atoms with Crippen molar-refractivity contribution in [1.29, 1.82) is 0 Å². The van der Waals surface area contributed by atoms with E-state index in [1.165, 1.54) is 86.2 Å². The van der Waals surface area contributed by atoms with Gasteiger partial charge >= 0.3 is 0 Å². The van der Waals surface area contributed by atoms with Crippen LogP contribution in [0.1, 0.15) is 26.3 Å². The molecular formula is C112H77BN4S. The molecule has 0 atom stereocenters. The first-order valence-corrected chi connectivity index (χ1v) is 41.8. The van der Waals surface area contributed by atoms with E-state index in [1.807, 2.05) is 11.8 Å². The summed E-state index contributed by atoms with van der Waals surface area (Å²) in [6, 6.07) is 156. The second-order valence-corrected chi connectivity index (χ2v) is 33.7. The second-order valence-electron chi connectivity index (χ2n) is 32.7. The molecule has 0 bridgehead atoms. The number of benzene rings is 18. The Morgan fingerprint density at radius 1 is 0.237 bits per heavy atom. The summed E-state index contributed by atoms with van der Waals surface area (Å²) in [7, 11) is 0. The van der Waals surface area contributed by atoms with E-state index in [-0.39, 0.29) is 12.1 Å². The minimum Gasteiger partial charge on any atom is -0.310 e. The van der Waals surface area contributed by atoms with Gasteiger partial charge in [0.25, 0.3) is 0 Å². The monoisotopic (exact) mass is 1520 g/mol. The molecule has 0 saturated carbocycles. The Balaban J connectivity index is 0.846. The van der Waals surface area contributed by atoms with E-state index in [1.54, 1.807) is 0 Å². The van der Waals surface area contributed by atoms with Crippen molar-refractivity contribution < 1.29 is 0 Å². The summed E-state index contributed by atoms with van der Waals surface area (Å²) < 4.78 is 7.45. The van der Waals surface area contributed by atoms with Crippen LogP contribution < -0.4 is 21.3 Å². The lowest BCUT2D eigenvalue weighted by molar-refractivity contribution is 0.591. The summed E-state index contributed by atoms with van der Waals surface area (Å²) in [4.78, 5) is 5.15. The quantitative estimate of drug-likeness (QED) is 0.114. The summed E-state index contributed by atoms with van der Waals surface area (Å²) in [6.45, 7) is 6.79. The maximum atomic E-state index is 2.71. The molecule has 118 heavy (non-hydrogen) atoms. The molecule has 0 aliphatic carbocycles. The number of nitrogens with zero attached hydrogens (tertiary/aromatic N) is 4. The van der Waals surface area contributed by atoms with Crippen LogP contribution in [-0.4, -0.2) is 20.4 Å². The fourth-order valence-electron chi connectivity index (χ4n) is 19.2. The highest BCUT2D eigenvalue weighted by molar-refractivity contribution is 8.00. The predicted molar refractivity (Wildman–Crippen MR) is 502 cm³/mol. The van der Waals surface area contributed by atoms with Gasteiger partial charge in [-0.1, -0.05) is 329 Å². The Labute approximate surface area is 691 Å². The standard InChI is InChI=1S/C112H77BN4S/c1-112(2,3)85-69-95(76-37-15-7-16-38-76)110(96(70-85)77-39-17-8-18-40-77)117-106-66-78(75-53-56-86(57-54-75)114-100-47-25-19-41-89(100)90-42-20-26-48-101(90)114)55-58-98(106)113-99-65-82(81-60-79(72-31-9-4-10-32-72)59-80(61-81)73-33-11-5-12-34-73)64-97(111(99)118-108-68-83(67-107(117)109(108)113)74-35-13-6-14-36-74)84-62-87(115-102-49-27-21-43-91(102)92-44-22-28-50-103(92)115)71-88(63-84)116-104-51-29-23-45-93(104)94-46-24-30-52-105(94)116/h4-71H,1-3H3. The van der Waals surface area contributed by atoms with Gasteiger partial charge in [0.05, 0.1) is 38.8 Å². The van der Waals surface area contributed by atoms with Gasteiger partial charge in [-0.3, -0.25) is 0 Å². The summed E-state index contributed by atoms with van der Waals surface area (Å²) in [5.74, 6) is 0. The van der Waals surface area contributed by atoms with Gasteiger partial charge in [-0.2, -0.15) is 0 Å². The molecular weight excluding hydrogens is 1440 g/mol. The normalized spacial score (nSPS) is 12.5. The smallest absolute Gasteiger partial charge is 0.249 e. The third kappa shape index (κ3) is 11.4. The van der Waals surface area contributed by atoms with E-state index in [9.17, 15) is 0 Å². The number of rotatable bonds is 12. The van der Waals surface area contributed by atoms with Gasteiger partial charge in [0.15, 0.2) is 0 Å². The van der Waals surface area contributed by atoms with Gasteiger partial charge in [-0.05, 0) is 221 Å². The molecule has 0 amide bonds. The third-order valence-corrected chi connectivity index (χ3v) is 26.0. The number of para-hydroxylation sites is 6. The number of fused-ring (bicyclic) bond motifs is 13. The Morgan fingerprint density at radius 3 is 1.01 bits per heavy atom. The van der Waals surface area contributed by atoms with Crippen LogP contribution in [0, 0.1) is 0 Å². The Bertz CT molecular complexity index is 7190. The van der Waals surface area contributed by atoms with Gasteiger partial charge in [0, 0.05) is 81.7 Å². The highest BCUT2D eigenvalue weighted by atomic mass is 32.2. The topological polar surface area (TPSA) is 18.0 Å². The second kappa shape index (κ2) is 27.7. The molecule has 554 valence electrons. The number of hydrogen-bond donors (Lipinski definition) is 0. The minimum absolute atomic E-state index is 0.202. The highest BCUT2D eigenvalue weighted by Gasteiger charge is 2.44. The molecule has 0 radical (unpaired) electrons. The van der Waals surface area contributed by atoms with Crippen molar-refractivity contribution in [2.45, 2.75) is 36.0 Å². The lowest BCUT2D eigenvalue weighted by Gasteiger charge is -2.43. The summed E-state index contributed by atoms with van der Waals surface area (Å²) in [5, 5.41) is 7.35. The predicted octanol–water partition coefficient (Wildman–Crippen LogP) is 28.4. The van der Waals surface area contributed by atoms with Crippen molar-refractivity contribution in [1.82, 2.24) is 13.7 Å². The fourth-order valence-corrected chi connectivity index (χ4v) is 20.6. The zero-order valence-corrected chi connectivity index (χ0v) is 66.4. The molecule has 0 fully saturated rings. The molecule has 0 spiro atoms. The van der Waals surface area contributed by atoms with E-state index in [0.717, 1.165) is 134 Å². The average molecular weight is 1520 g/mol. The van der Waals surface area contributed by atoms with Crippen LogP contribution in [0.4, 0.5) is 17.1 Å². The number of hydrogen-bond acceptors (Lipinski definition) is 2. The van der Waals surface area contributed by atoms with Crippen LogP contribution in [0.2, 0.25) is 0 Å². The van der Waals surface area contributed by atoms with Gasteiger partial charge in [-0.25, -0.2) is 0 Å². The lowest BCUT2D eigenvalue weighted by atomic mass is 9.34. The van der Waals surface area contributed by atoms with Crippen molar-refractivity contribution in [2.75, 3.05) is 4.90 Å². The molecule has 2 aliphatic rings. The first kappa shape index (κ1) is 69.1. The molecule has 4 nitrogen and oxygen atoms in total. The van der Waals surface area contributed by atoms with Crippen molar-refractivity contribution >= 4 is 117 Å². The first-order chi connectivity index (χ1) is 58.2. The largest absolute Gasteiger partial charge is 0.310 e. The van der Waals surface area contributed by atoms with E-state index < -0.39 is 0 Å². The summed E-state index contributed by atoms with van der Waals surface area (Å²) >= 11 is 1.94. The molecule has 5 heterocycles. The zero-order valence-electron chi connectivity index (χ0n) is 65.5. The summed E-state index contributed by atoms with van der Waals surface area (Å²) in [5.41, 5.74) is 36.9. The van der Waals surface area contributed by atoms with Gasteiger partial charge in [0.2, 0.25) is 6.71 Å². The molecule has 21 aromatic rings. The van der Waals surface area contributed by atoms with Crippen LogP contribution in [-0.2, 0) is 5.41 Å². The van der Waals surface area contributed by atoms with Gasteiger partial charge in [0.1, 0.15) is 0 Å². The molecule has 3 aromatic heterocycles. The van der Waals surface area contributed by atoms with E-state index in [2.05, 4.69) is 452 Å². The van der Waals surface area contributed by atoms with Crippen LogP contribution in [0.25, 0.3) is 171 Å². The van der Waals surface area contributed by atoms with E-state index in [4.69, 9.17) is 0 Å². The molecule has 0 unspecified atom stereocenters. The lowest BCUT2D eigenvalue weighted by Crippen LogP contribution is -2.60. The molecule has 23 rings (SSSR count). The van der Waals surface area contributed by atoms with Crippen molar-refractivity contribution in [2.24, 2.45) is 0 Å². The first-order valence-electron chi connectivity index (χ1n) is 41.0. The maximum absolute atomic E-state index is 2.71. The third-order valence-electron chi connectivity index (χ3n) is 24.8. The van der Waals surface area contributed by atoms with Crippen molar-refractivity contribution in [3.05, 3.63) is 418 Å². The Morgan fingerprint density at radius 2 is 0.585 bits per heavy atom. The van der Waals surface area contributed by atoms with Crippen molar-refractivity contribution in [3.8, 4) is 106 Å². The van der Waals surface area contributed by atoms with Crippen LogP contribution in [0.15, 0.2) is 422 Å². The van der Waals surface area contributed by atoms with Crippen LogP contribution in [0.5, 0.6) is 0 Å². The Hall–Kier alpha value is -14.4. The molecule has 18 aromatic carbocycles.